The summed E-state index contributed by atoms with van der Waals surface area (Å²) in [6, 6.07) is -0.120. The van der Waals surface area contributed by atoms with Crippen molar-refractivity contribution in [3.8, 4) is 0 Å². The van der Waals surface area contributed by atoms with Gasteiger partial charge in [0.1, 0.15) is 0 Å². The Kier molecular flexibility index (Phi) is 5.50. The summed E-state index contributed by atoms with van der Waals surface area (Å²) < 4.78 is 5.47. The van der Waals surface area contributed by atoms with Crippen LogP contribution in [0.15, 0.2) is 5.38 Å². The Hall–Kier alpha value is -1.34. The van der Waals surface area contributed by atoms with Crippen LogP contribution in [-0.2, 0) is 11.2 Å². The van der Waals surface area contributed by atoms with Crippen LogP contribution in [0.2, 0.25) is 0 Å². The number of rotatable bonds is 6. The van der Waals surface area contributed by atoms with E-state index in [0.717, 1.165) is 49.8 Å². The van der Waals surface area contributed by atoms with Crippen molar-refractivity contribution in [2.75, 3.05) is 37.7 Å². The summed E-state index contributed by atoms with van der Waals surface area (Å²) in [5.41, 5.74) is 1.06. The largest absolute Gasteiger partial charge is 0.376 e. The Balaban J connectivity index is 1.33. The predicted molar refractivity (Wildman–Crippen MR) is 87.6 cm³/mol. The second-order valence-corrected chi connectivity index (χ2v) is 6.67. The van der Waals surface area contributed by atoms with Crippen LogP contribution in [-0.4, -0.2) is 49.9 Å². The van der Waals surface area contributed by atoms with Crippen molar-refractivity contribution in [2.24, 2.45) is 0 Å². The van der Waals surface area contributed by atoms with E-state index in [0.29, 0.717) is 13.1 Å². The molecule has 1 aromatic heterocycles. The lowest BCUT2D eigenvalue weighted by Crippen LogP contribution is -2.40. The highest BCUT2D eigenvalue weighted by atomic mass is 32.1. The molecule has 22 heavy (non-hydrogen) atoms. The minimum Gasteiger partial charge on any atom is -0.376 e. The third kappa shape index (κ3) is 4.33. The number of nitrogens with zero attached hydrogens (tertiary/aromatic N) is 2. The molecule has 3 rings (SSSR count). The summed E-state index contributed by atoms with van der Waals surface area (Å²) in [5, 5.41) is 8.96. The maximum Gasteiger partial charge on any atom is 0.314 e. The molecule has 2 saturated heterocycles. The molecule has 1 atom stereocenters. The number of nitrogens with one attached hydrogen (secondary N) is 2. The van der Waals surface area contributed by atoms with Gasteiger partial charge in [-0.3, -0.25) is 0 Å². The van der Waals surface area contributed by atoms with Crippen LogP contribution in [0.25, 0.3) is 0 Å². The van der Waals surface area contributed by atoms with Gasteiger partial charge in [-0.05, 0) is 25.7 Å². The normalized spacial score (nSPS) is 21.3. The van der Waals surface area contributed by atoms with Gasteiger partial charge in [-0.25, -0.2) is 9.78 Å². The summed E-state index contributed by atoms with van der Waals surface area (Å²) in [7, 11) is 0. The number of carbonyl (C=O) groups excluding carboxylic acids is 1. The Morgan fingerprint density at radius 3 is 3.00 bits per heavy atom. The highest BCUT2D eigenvalue weighted by Gasteiger charge is 2.17. The number of hydrogen-bond donors (Lipinski definition) is 2. The minimum absolute atomic E-state index is 0.120. The maximum absolute atomic E-state index is 11.7. The summed E-state index contributed by atoms with van der Waals surface area (Å²) in [4.78, 5) is 18.7. The van der Waals surface area contributed by atoms with Gasteiger partial charge >= 0.3 is 6.03 Å². The molecule has 1 unspecified atom stereocenters. The molecule has 2 fully saturated rings. The average Bonchev–Trinajstić information content (AvgIpc) is 3.26. The van der Waals surface area contributed by atoms with Gasteiger partial charge < -0.3 is 20.3 Å². The molecule has 0 aromatic carbocycles. The third-order valence-corrected chi connectivity index (χ3v) is 5.05. The van der Waals surface area contributed by atoms with Gasteiger partial charge in [-0.15, -0.1) is 11.3 Å². The first kappa shape index (κ1) is 15.6. The fraction of sp³-hybridized carbons (Fsp3) is 0.733. The second kappa shape index (κ2) is 7.78. The van der Waals surface area contributed by atoms with Crippen LogP contribution in [0.5, 0.6) is 0 Å². The van der Waals surface area contributed by atoms with E-state index in [-0.39, 0.29) is 12.1 Å². The number of thiazole rings is 1. The zero-order chi connectivity index (χ0) is 15.2. The number of carbonyl (C=O) groups is 1. The van der Waals surface area contributed by atoms with Crippen LogP contribution in [0.4, 0.5) is 9.93 Å². The monoisotopic (exact) mass is 324 g/mol. The smallest absolute Gasteiger partial charge is 0.314 e. The molecular weight excluding hydrogens is 300 g/mol. The summed E-state index contributed by atoms with van der Waals surface area (Å²) in [5.74, 6) is 0. The van der Waals surface area contributed by atoms with Crippen molar-refractivity contribution in [2.45, 2.75) is 38.2 Å². The lowest BCUT2D eigenvalue weighted by atomic mass is 10.2. The van der Waals surface area contributed by atoms with E-state index in [1.165, 1.54) is 12.8 Å². The van der Waals surface area contributed by atoms with E-state index in [9.17, 15) is 4.79 Å². The van der Waals surface area contributed by atoms with E-state index in [1.54, 1.807) is 11.3 Å². The van der Waals surface area contributed by atoms with E-state index < -0.39 is 0 Å². The molecule has 2 N–H and O–H groups in total. The van der Waals surface area contributed by atoms with Crippen LogP contribution in [0.1, 0.15) is 31.4 Å². The molecule has 1 aromatic rings. The molecule has 6 nitrogen and oxygen atoms in total. The van der Waals surface area contributed by atoms with Crippen molar-refractivity contribution < 1.29 is 9.53 Å². The zero-order valence-electron chi connectivity index (χ0n) is 12.8. The third-order valence-electron chi connectivity index (χ3n) is 4.10. The van der Waals surface area contributed by atoms with E-state index in [4.69, 9.17) is 4.74 Å². The minimum atomic E-state index is -0.120. The molecular formula is C15H24N4O2S. The van der Waals surface area contributed by atoms with Crippen molar-refractivity contribution in [3.63, 3.8) is 0 Å². The Morgan fingerprint density at radius 1 is 1.36 bits per heavy atom. The molecule has 0 saturated carbocycles. The fourth-order valence-corrected chi connectivity index (χ4v) is 3.76. The van der Waals surface area contributed by atoms with Gasteiger partial charge in [-0.2, -0.15) is 0 Å². The highest BCUT2D eigenvalue weighted by molar-refractivity contribution is 7.13. The first-order valence-electron chi connectivity index (χ1n) is 8.14. The highest BCUT2D eigenvalue weighted by Crippen LogP contribution is 2.24. The van der Waals surface area contributed by atoms with Crippen LogP contribution in [0.3, 0.4) is 0 Å². The molecule has 2 aliphatic heterocycles. The number of anilines is 1. The molecule has 0 spiro atoms. The fourth-order valence-electron chi connectivity index (χ4n) is 2.84. The van der Waals surface area contributed by atoms with Gasteiger partial charge in [0.05, 0.1) is 11.8 Å². The molecule has 2 aliphatic rings. The standard InChI is InChI=1S/C15H24N4O2S/c20-14(17-10-13-4-3-9-21-13)16-6-5-12-11-22-15(18-12)19-7-1-2-8-19/h11,13H,1-10H2,(H2,16,17,20). The molecule has 0 aliphatic carbocycles. The molecule has 2 amide bonds. The Morgan fingerprint density at radius 2 is 2.23 bits per heavy atom. The first-order valence-corrected chi connectivity index (χ1v) is 9.02. The molecule has 122 valence electrons. The zero-order valence-corrected chi connectivity index (χ0v) is 13.7. The molecule has 0 radical (unpaired) electrons. The Labute approximate surface area is 135 Å². The molecule has 0 bridgehead atoms. The van der Waals surface area contributed by atoms with E-state index in [1.807, 2.05) is 0 Å². The Bertz CT molecular complexity index is 482. The van der Waals surface area contributed by atoms with Crippen LogP contribution in [0, 0.1) is 0 Å². The van der Waals surface area contributed by atoms with Crippen molar-refractivity contribution in [1.29, 1.82) is 0 Å². The van der Waals surface area contributed by atoms with Crippen molar-refractivity contribution >= 4 is 22.5 Å². The number of hydrogen-bond acceptors (Lipinski definition) is 5. The van der Waals surface area contributed by atoms with E-state index >= 15 is 0 Å². The quantitative estimate of drug-likeness (QED) is 0.837. The number of aromatic nitrogens is 1. The SMILES string of the molecule is O=C(NCCc1csc(N2CCCC2)n1)NCC1CCCO1. The summed E-state index contributed by atoms with van der Waals surface area (Å²) >= 11 is 1.70. The number of amides is 2. The average molecular weight is 324 g/mol. The second-order valence-electron chi connectivity index (χ2n) is 5.84. The molecule has 7 heteroatoms. The van der Waals surface area contributed by atoms with Crippen molar-refractivity contribution in [3.05, 3.63) is 11.1 Å². The summed E-state index contributed by atoms with van der Waals surface area (Å²) in [6.07, 6.45) is 5.63. The first-order chi connectivity index (χ1) is 10.8. The van der Waals surface area contributed by atoms with Crippen LogP contribution >= 0.6 is 11.3 Å². The number of ether oxygens (including phenoxy) is 1. The maximum atomic E-state index is 11.7. The van der Waals surface area contributed by atoms with Gasteiger partial charge in [0.15, 0.2) is 5.13 Å². The topological polar surface area (TPSA) is 66.5 Å². The predicted octanol–water partition coefficient (Wildman–Crippen LogP) is 1.76. The van der Waals surface area contributed by atoms with Gasteiger partial charge in [0.25, 0.3) is 0 Å². The van der Waals surface area contributed by atoms with E-state index in [2.05, 4.69) is 25.9 Å². The lowest BCUT2D eigenvalue weighted by molar-refractivity contribution is 0.111. The summed E-state index contributed by atoms with van der Waals surface area (Å²) in [6.45, 7) is 4.27. The van der Waals surface area contributed by atoms with Crippen molar-refractivity contribution in [1.82, 2.24) is 15.6 Å². The molecule has 3 heterocycles. The number of urea groups is 1. The van der Waals surface area contributed by atoms with Gasteiger partial charge in [0.2, 0.25) is 0 Å². The van der Waals surface area contributed by atoms with Crippen LogP contribution < -0.4 is 15.5 Å². The van der Waals surface area contributed by atoms with Gasteiger partial charge in [-0.1, -0.05) is 0 Å². The lowest BCUT2D eigenvalue weighted by Gasteiger charge is -2.12. The van der Waals surface area contributed by atoms with Gasteiger partial charge in [0, 0.05) is 44.6 Å².